The summed E-state index contributed by atoms with van der Waals surface area (Å²) in [6.45, 7) is 7.84. The van der Waals surface area contributed by atoms with Crippen LogP contribution in [0.2, 0.25) is 0 Å². The zero-order valence-electron chi connectivity index (χ0n) is 17.8. The SMILES string of the molecule is Cc1ccc(C(=O)N2CCOCC2)c(C)c1Cc1cc2c(C)cc(C(F)(F)F)cc2[nH]1. The van der Waals surface area contributed by atoms with Gasteiger partial charge in [-0.05, 0) is 67.3 Å². The Labute approximate surface area is 179 Å². The first-order valence-corrected chi connectivity index (χ1v) is 10.3. The molecule has 2 heterocycles. The number of alkyl halides is 3. The Morgan fingerprint density at radius 1 is 1.06 bits per heavy atom. The summed E-state index contributed by atoms with van der Waals surface area (Å²) in [6.07, 6.45) is -3.87. The second kappa shape index (κ2) is 8.04. The van der Waals surface area contributed by atoms with Gasteiger partial charge in [-0.2, -0.15) is 13.2 Å². The minimum Gasteiger partial charge on any atom is -0.378 e. The van der Waals surface area contributed by atoms with Crippen molar-refractivity contribution in [1.82, 2.24) is 9.88 Å². The molecule has 4 rings (SSSR count). The van der Waals surface area contributed by atoms with Crippen molar-refractivity contribution in [2.24, 2.45) is 0 Å². The summed E-state index contributed by atoms with van der Waals surface area (Å²) >= 11 is 0. The largest absolute Gasteiger partial charge is 0.416 e. The van der Waals surface area contributed by atoms with Gasteiger partial charge >= 0.3 is 6.18 Å². The van der Waals surface area contributed by atoms with Gasteiger partial charge in [0.1, 0.15) is 0 Å². The van der Waals surface area contributed by atoms with Crippen LogP contribution in [-0.4, -0.2) is 42.1 Å². The Morgan fingerprint density at radius 3 is 2.45 bits per heavy atom. The van der Waals surface area contributed by atoms with Crippen molar-refractivity contribution in [1.29, 1.82) is 0 Å². The maximum atomic E-state index is 13.2. The van der Waals surface area contributed by atoms with Crippen molar-refractivity contribution < 1.29 is 22.7 Å². The Bertz CT molecular complexity index is 1140. The molecule has 1 N–H and O–H groups in total. The van der Waals surface area contributed by atoms with Crippen LogP contribution in [-0.2, 0) is 17.3 Å². The number of ether oxygens (including phenoxy) is 1. The van der Waals surface area contributed by atoms with Gasteiger partial charge in [0.05, 0.1) is 18.8 Å². The van der Waals surface area contributed by atoms with E-state index < -0.39 is 11.7 Å². The quantitative estimate of drug-likeness (QED) is 0.623. The topological polar surface area (TPSA) is 45.3 Å². The van der Waals surface area contributed by atoms with E-state index in [0.29, 0.717) is 49.4 Å². The number of fused-ring (bicyclic) bond motifs is 1. The molecular formula is C24H25F3N2O2. The molecule has 0 atom stereocenters. The minimum atomic E-state index is -4.38. The number of rotatable bonds is 3. The average molecular weight is 430 g/mol. The monoisotopic (exact) mass is 430 g/mol. The number of aromatic amines is 1. The third-order valence-electron chi connectivity index (χ3n) is 6.06. The van der Waals surface area contributed by atoms with E-state index in [2.05, 4.69) is 4.98 Å². The van der Waals surface area contributed by atoms with E-state index in [0.717, 1.165) is 33.8 Å². The summed E-state index contributed by atoms with van der Waals surface area (Å²) in [4.78, 5) is 18.0. The number of nitrogens with zero attached hydrogens (tertiary/aromatic N) is 1. The Morgan fingerprint density at radius 2 is 1.77 bits per heavy atom. The third kappa shape index (κ3) is 4.19. The molecule has 3 aromatic rings. The predicted octanol–water partition coefficient (Wildman–Crippen LogP) is 5.18. The first-order valence-electron chi connectivity index (χ1n) is 10.3. The molecule has 1 saturated heterocycles. The molecule has 0 spiro atoms. The summed E-state index contributed by atoms with van der Waals surface area (Å²) in [6, 6.07) is 8.03. The molecule has 1 aliphatic rings. The first kappa shape index (κ1) is 21.4. The van der Waals surface area contributed by atoms with Crippen LogP contribution >= 0.6 is 0 Å². The number of carbonyl (C=O) groups excluding carboxylic acids is 1. The summed E-state index contributed by atoms with van der Waals surface area (Å²) in [7, 11) is 0. The van der Waals surface area contributed by atoms with E-state index in [1.807, 2.05) is 32.0 Å². The number of carbonyl (C=O) groups is 1. The van der Waals surface area contributed by atoms with Crippen molar-refractivity contribution >= 4 is 16.8 Å². The maximum absolute atomic E-state index is 13.2. The number of aromatic nitrogens is 1. The lowest BCUT2D eigenvalue weighted by atomic mass is 9.93. The van der Waals surface area contributed by atoms with Gasteiger partial charge in [0.15, 0.2) is 0 Å². The number of hydrogen-bond acceptors (Lipinski definition) is 2. The van der Waals surface area contributed by atoms with Gasteiger partial charge in [-0.3, -0.25) is 4.79 Å². The highest BCUT2D eigenvalue weighted by atomic mass is 19.4. The van der Waals surface area contributed by atoms with Crippen LogP contribution < -0.4 is 0 Å². The first-order chi connectivity index (χ1) is 14.6. The van der Waals surface area contributed by atoms with Crippen molar-refractivity contribution in [3.63, 3.8) is 0 Å². The lowest BCUT2D eigenvalue weighted by Gasteiger charge is -2.28. The maximum Gasteiger partial charge on any atom is 0.416 e. The number of morpholine rings is 1. The lowest BCUT2D eigenvalue weighted by Crippen LogP contribution is -2.41. The predicted molar refractivity (Wildman–Crippen MR) is 113 cm³/mol. The van der Waals surface area contributed by atoms with Gasteiger partial charge in [-0.15, -0.1) is 0 Å². The third-order valence-corrected chi connectivity index (χ3v) is 6.06. The molecule has 1 aromatic heterocycles. The second-order valence-corrected chi connectivity index (χ2v) is 8.16. The van der Waals surface area contributed by atoms with Crippen LogP contribution in [0, 0.1) is 20.8 Å². The molecule has 0 saturated carbocycles. The number of aryl methyl sites for hydroxylation is 2. The molecule has 164 valence electrons. The van der Waals surface area contributed by atoms with Crippen LogP contribution in [0.25, 0.3) is 10.9 Å². The van der Waals surface area contributed by atoms with Crippen molar-refractivity contribution in [2.45, 2.75) is 33.4 Å². The number of benzene rings is 2. The summed E-state index contributed by atoms with van der Waals surface area (Å²) < 4.78 is 44.9. The van der Waals surface area contributed by atoms with Crippen molar-refractivity contribution in [3.8, 4) is 0 Å². The molecular weight excluding hydrogens is 405 g/mol. The summed E-state index contributed by atoms with van der Waals surface area (Å²) in [5, 5.41) is 0.777. The van der Waals surface area contributed by atoms with Crippen molar-refractivity contribution in [2.75, 3.05) is 26.3 Å². The van der Waals surface area contributed by atoms with Gasteiger partial charge < -0.3 is 14.6 Å². The molecule has 1 amide bonds. The molecule has 0 bridgehead atoms. The van der Waals surface area contributed by atoms with Gasteiger partial charge in [0.25, 0.3) is 5.91 Å². The van der Waals surface area contributed by atoms with Crippen molar-refractivity contribution in [3.05, 3.63) is 69.4 Å². The number of amides is 1. The van der Waals surface area contributed by atoms with E-state index in [1.165, 1.54) is 6.07 Å². The molecule has 0 aliphatic carbocycles. The minimum absolute atomic E-state index is 0.00985. The molecule has 1 aliphatic heterocycles. The van der Waals surface area contributed by atoms with E-state index >= 15 is 0 Å². The molecule has 31 heavy (non-hydrogen) atoms. The van der Waals surface area contributed by atoms with Crippen LogP contribution in [0.5, 0.6) is 0 Å². The molecule has 2 aromatic carbocycles. The highest BCUT2D eigenvalue weighted by molar-refractivity contribution is 5.96. The average Bonchev–Trinajstić information content (AvgIpc) is 3.14. The number of hydrogen-bond donors (Lipinski definition) is 1. The van der Waals surface area contributed by atoms with Gasteiger partial charge in [0.2, 0.25) is 0 Å². The van der Waals surface area contributed by atoms with E-state index in [4.69, 9.17) is 4.74 Å². The molecule has 0 radical (unpaired) electrons. The van der Waals surface area contributed by atoms with Crippen LogP contribution in [0.4, 0.5) is 13.2 Å². The molecule has 1 fully saturated rings. The van der Waals surface area contributed by atoms with Crippen LogP contribution in [0.15, 0.2) is 30.3 Å². The van der Waals surface area contributed by atoms with E-state index in [-0.39, 0.29) is 5.91 Å². The zero-order valence-corrected chi connectivity index (χ0v) is 17.8. The smallest absolute Gasteiger partial charge is 0.378 e. The normalized spacial score (nSPS) is 15.0. The van der Waals surface area contributed by atoms with Crippen LogP contribution in [0.3, 0.4) is 0 Å². The number of halogens is 3. The molecule has 0 unspecified atom stereocenters. The van der Waals surface area contributed by atoms with E-state index in [9.17, 15) is 18.0 Å². The highest BCUT2D eigenvalue weighted by Gasteiger charge is 2.31. The fourth-order valence-corrected chi connectivity index (χ4v) is 4.26. The lowest BCUT2D eigenvalue weighted by molar-refractivity contribution is -0.137. The Kier molecular flexibility index (Phi) is 5.56. The van der Waals surface area contributed by atoms with Gasteiger partial charge in [-0.1, -0.05) is 6.07 Å². The van der Waals surface area contributed by atoms with Gasteiger partial charge in [0, 0.05) is 41.7 Å². The fraction of sp³-hybridized carbons (Fsp3) is 0.375. The number of nitrogens with one attached hydrogen (secondary N) is 1. The Balaban J connectivity index is 1.68. The van der Waals surface area contributed by atoms with E-state index in [1.54, 1.807) is 11.8 Å². The van der Waals surface area contributed by atoms with Gasteiger partial charge in [-0.25, -0.2) is 0 Å². The molecule has 4 nitrogen and oxygen atoms in total. The standard InChI is InChI=1S/C24H25F3N2O2/c1-14-4-5-19(23(30)29-6-8-31-9-7-29)16(3)20(14)12-18-13-21-15(2)10-17(24(25,26)27)11-22(21)28-18/h4-5,10-11,13,28H,6-9,12H2,1-3H3. The zero-order chi connectivity index (χ0) is 22.3. The summed E-state index contributed by atoms with van der Waals surface area (Å²) in [5.41, 5.74) is 4.84. The Hall–Kier alpha value is -2.80. The highest BCUT2D eigenvalue weighted by Crippen LogP contribution is 2.34. The molecule has 7 heteroatoms. The number of H-pyrrole nitrogens is 1. The summed E-state index contributed by atoms with van der Waals surface area (Å²) in [5.74, 6) is -0.00985. The fourth-order valence-electron chi connectivity index (χ4n) is 4.26. The second-order valence-electron chi connectivity index (χ2n) is 8.16. The van der Waals surface area contributed by atoms with Crippen LogP contribution in [0.1, 0.15) is 43.9 Å².